The number of carbonyl (C=O) groups excluding carboxylic acids is 1. The number of anilines is 1. The molecule has 2 aromatic carbocycles. The molecule has 0 saturated heterocycles. The molecule has 5 nitrogen and oxygen atoms in total. The standard InChI is InChI=1S/C18H15N3O2S2/c1-10-19-13-6-7-14-17(16(13)24-10)25-18(20-14)21-15(22)9-11-4-3-5-12(8-11)23-2/h3-8H,9H2,1-2H3,(H,20,21,22). The zero-order chi connectivity index (χ0) is 17.4. The fourth-order valence-electron chi connectivity index (χ4n) is 2.67. The maximum Gasteiger partial charge on any atom is 0.230 e. The van der Waals surface area contributed by atoms with E-state index in [9.17, 15) is 4.79 Å². The molecule has 0 unspecified atom stereocenters. The summed E-state index contributed by atoms with van der Waals surface area (Å²) < 4.78 is 7.39. The van der Waals surface area contributed by atoms with Crippen molar-refractivity contribution in [2.75, 3.05) is 12.4 Å². The predicted octanol–water partition coefficient (Wildman–Crippen LogP) is 4.40. The summed E-state index contributed by atoms with van der Waals surface area (Å²) in [7, 11) is 1.61. The highest BCUT2D eigenvalue weighted by Crippen LogP contribution is 2.35. The summed E-state index contributed by atoms with van der Waals surface area (Å²) in [5.74, 6) is 0.650. The number of thiazole rings is 2. The molecule has 0 aliphatic rings. The summed E-state index contributed by atoms with van der Waals surface area (Å²) in [6.45, 7) is 1.99. The van der Waals surface area contributed by atoms with Crippen LogP contribution in [0.15, 0.2) is 36.4 Å². The minimum absolute atomic E-state index is 0.0935. The number of aryl methyl sites for hydroxylation is 1. The monoisotopic (exact) mass is 369 g/mol. The molecular weight excluding hydrogens is 354 g/mol. The number of amides is 1. The SMILES string of the molecule is COc1cccc(CC(=O)Nc2nc3ccc4nc(C)sc4c3s2)c1. The second-order valence-electron chi connectivity index (χ2n) is 5.59. The van der Waals surface area contributed by atoms with Crippen LogP contribution >= 0.6 is 22.7 Å². The van der Waals surface area contributed by atoms with E-state index < -0.39 is 0 Å². The first-order valence-electron chi connectivity index (χ1n) is 7.72. The number of carbonyl (C=O) groups is 1. The van der Waals surface area contributed by atoms with Crippen molar-refractivity contribution in [2.45, 2.75) is 13.3 Å². The molecule has 0 atom stereocenters. The number of benzene rings is 2. The first-order chi connectivity index (χ1) is 12.1. The van der Waals surface area contributed by atoms with Crippen molar-refractivity contribution < 1.29 is 9.53 Å². The fourth-order valence-corrected chi connectivity index (χ4v) is 4.69. The number of hydrogen-bond donors (Lipinski definition) is 1. The molecule has 0 spiro atoms. The molecule has 0 aliphatic heterocycles. The average Bonchev–Trinajstić information content (AvgIpc) is 3.16. The molecular formula is C18H15N3O2S2. The van der Waals surface area contributed by atoms with Gasteiger partial charge in [0.1, 0.15) is 5.75 Å². The average molecular weight is 369 g/mol. The molecule has 2 heterocycles. The summed E-state index contributed by atoms with van der Waals surface area (Å²) in [5, 5.41) is 4.54. The topological polar surface area (TPSA) is 64.1 Å². The Morgan fingerprint density at radius 1 is 1.12 bits per heavy atom. The number of hydrogen-bond acceptors (Lipinski definition) is 6. The van der Waals surface area contributed by atoms with E-state index in [0.717, 1.165) is 36.8 Å². The van der Waals surface area contributed by atoms with E-state index in [2.05, 4.69) is 15.3 Å². The van der Waals surface area contributed by atoms with E-state index in [-0.39, 0.29) is 12.3 Å². The summed E-state index contributed by atoms with van der Waals surface area (Å²) >= 11 is 3.14. The molecule has 2 aromatic heterocycles. The van der Waals surface area contributed by atoms with Gasteiger partial charge in [-0.05, 0) is 36.8 Å². The largest absolute Gasteiger partial charge is 0.497 e. The highest BCUT2D eigenvalue weighted by Gasteiger charge is 2.13. The van der Waals surface area contributed by atoms with Crippen LogP contribution in [-0.2, 0) is 11.2 Å². The molecule has 1 amide bonds. The van der Waals surface area contributed by atoms with E-state index in [1.54, 1.807) is 18.4 Å². The van der Waals surface area contributed by atoms with Crippen LogP contribution in [0.5, 0.6) is 5.75 Å². The highest BCUT2D eigenvalue weighted by molar-refractivity contribution is 7.28. The third-order valence-electron chi connectivity index (χ3n) is 3.76. The molecule has 4 aromatic rings. The van der Waals surface area contributed by atoms with Gasteiger partial charge in [0, 0.05) is 0 Å². The highest BCUT2D eigenvalue weighted by atomic mass is 32.1. The van der Waals surface area contributed by atoms with Crippen molar-refractivity contribution in [3.8, 4) is 5.75 Å². The van der Waals surface area contributed by atoms with Crippen molar-refractivity contribution in [2.24, 2.45) is 0 Å². The van der Waals surface area contributed by atoms with E-state index in [1.807, 2.05) is 43.3 Å². The molecule has 0 radical (unpaired) electrons. The number of rotatable bonds is 4. The van der Waals surface area contributed by atoms with Gasteiger partial charge in [0.25, 0.3) is 0 Å². The Morgan fingerprint density at radius 2 is 1.88 bits per heavy atom. The smallest absolute Gasteiger partial charge is 0.230 e. The van der Waals surface area contributed by atoms with Crippen LogP contribution in [0.4, 0.5) is 5.13 Å². The van der Waals surface area contributed by atoms with Gasteiger partial charge in [0.05, 0.1) is 39.0 Å². The Bertz CT molecular complexity index is 1080. The number of nitrogens with zero attached hydrogens (tertiary/aromatic N) is 2. The quantitative estimate of drug-likeness (QED) is 0.579. The molecule has 0 bridgehead atoms. The van der Waals surface area contributed by atoms with E-state index in [1.165, 1.54) is 11.3 Å². The summed E-state index contributed by atoms with van der Waals surface area (Å²) in [6, 6.07) is 11.4. The van der Waals surface area contributed by atoms with Crippen LogP contribution in [0, 0.1) is 6.92 Å². The first kappa shape index (κ1) is 16.0. The zero-order valence-electron chi connectivity index (χ0n) is 13.7. The zero-order valence-corrected chi connectivity index (χ0v) is 15.3. The van der Waals surface area contributed by atoms with Crippen LogP contribution in [0.25, 0.3) is 20.4 Å². The Morgan fingerprint density at radius 3 is 2.68 bits per heavy atom. The van der Waals surface area contributed by atoms with Gasteiger partial charge in [-0.1, -0.05) is 23.5 Å². The van der Waals surface area contributed by atoms with Gasteiger partial charge in [0.2, 0.25) is 5.91 Å². The lowest BCUT2D eigenvalue weighted by molar-refractivity contribution is -0.115. The Labute approximate surface area is 152 Å². The van der Waals surface area contributed by atoms with Crippen LogP contribution in [-0.4, -0.2) is 23.0 Å². The van der Waals surface area contributed by atoms with E-state index in [0.29, 0.717) is 5.13 Å². The van der Waals surface area contributed by atoms with Crippen molar-refractivity contribution >= 4 is 54.1 Å². The molecule has 25 heavy (non-hydrogen) atoms. The van der Waals surface area contributed by atoms with Crippen LogP contribution in [0.3, 0.4) is 0 Å². The van der Waals surface area contributed by atoms with Gasteiger partial charge in [-0.3, -0.25) is 4.79 Å². The minimum atomic E-state index is -0.0935. The molecule has 4 rings (SSSR count). The van der Waals surface area contributed by atoms with Crippen molar-refractivity contribution in [3.63, 3.8) is 0 Å². The summed E-state index contributed by atoms with van der Waals surface area (Å²) in [6.07, 6.45) is 0.280. The van der Waals surface area contributed by atoms with E-state index in [4.69, 9.17) is 4.74 Å². The second-order valence-corrected chi connectivity index (χ2v) is 7.79. The van der Waals surface area contributed by atoms with Crippen LogP contribution in [0.2, 0.25) is 0 Å². The van der Waals surface area contributed by atoms with Gasteiger partial charge >= 0.3 is 0 Å². The lowest BCUT2D eigenvalue weighted by Gasteiger charge is -2.04. The lowest BCUT2D eigenvalue weighted by atomic mass is 10.1. The molecule has 0 fully saturated rings. The number of fused-ring (bicyclic) bond motifs is 3. The van der Waals surface area contributed by atoms with Gasteiger partial charge in [0.15, 0.2) is 5.13 Å². The fraction of sp³-hybridized carbons (Fsp3) is 0.167. The van der Waals surface area contributed by atoms with Crippen molar-refractivity contribution in [1.29, 1.82) is 0 Å². The Kier molecular flexibility index (Phi) is 4.10. The number of ether oxygens (including phenoxy) is 1. The molecule has 0 saturated carbocycles. The normalized spacial score (nSPS) is 11.1. The summed E-state index contributed by atoms with van der Waals surface area (Å²) in [5.41, 5.74) is 2.77. The van der Waals surface area contributed by atoms with E-state index >= 15 is 0 Å². The Hall–Kier alpha value is -2.51. The van der Waals surface area contributed by atoms with Gasteiger partial charge in [-0.15, -0.1) is 11.3 Å². The van der Waals surface area contributed by atoms with Gasteiger partial charge < -0.3 is 10.1 Å². The molecule has 1 N–H and O–H groups in total. The van der Waals surface area contributed by atoms with Gasteiger partial charge in [-0.2, -0.15) is 0 Å². The van der Waals surface area contributed by atoms with Crippen LogP contribution < -0.4 is 10.1 Å². The van der Waals surface area contributed by atoms with Gasteiger partial charge in [-0.25, -0.2) is 9.97 Å². The summed E-state index contributed by atoms with van der Waals surface area (Å²) in [4.78, 5) is 21.4. The van der Waals surface area contributed by atoms with Crippen LogP contribution in [0.1, 0.15) is 10.6 Å². The molecule has 7 heteroatoms. The number of methoxy groups -OCH3 is 1. The maximum atomic E-state index is 12.3. The minimum Gasteiger partial charge on any atom is -0.497 e. The maximum absolute atomic E-state index is 12.3. The second kappa shape index (κ2) is 6.42. The van der Waals surface area contributed by atoms with Crippen molar-refractivity contribution in [3.05, 3.63) is 47.0 Å². The van der Waals surface area contributed by atoms with Crippen molar-refractivity contribution in [1.82, 2.24) is 9.97 Å². The number of aromatic nitrogens is 2. The number of nitrogens with one attached hydrogen (secondary N) is 1. The molecule has 126 valence electrons. The Balaban J connectivity index is 1.57. The predicted molar refractivity (Wildman–Crippen MR) is 103 cm³/mol. The first-order valence-corrected chi connectivity index (χ1v) is 9.35. The third-order valence-corrected chi connectivity index (χ3v) is 5.90. The lowest BCUT2D eigenvalue weighted by Crippen LogP contribution is -2.14. The third kappa shape index (κ3) is 3.20. The molecule has 0 aliphatic carbocycles.